The SMILES string of the molecule is COc1ccc([I+]CC(F)(F)C(F)(F)F)cc1. The zero-order valence-corrected chi connectivity index (χ0v) is 10.9. The summed E-state index contributed by atoms with van der Waals surface area (Å²) in [7, 11) is 1.45. The Labute approximate surface area is 105 Å². The fourth-order valence-electron chi connectivity index (χ4n) is 0.897. The molecule has 0 fully saturated rings. The molecular weight excluding hydrogens is 358 g/mol. The zero-order valence-electron chi connectivity index (χ0n) is 8.69. The van der Waals surface area contributed by atoms with Gasteiger partial charge in [0.05, 0.1) is 7.11 Å². The van der Waals surface area contributed by atoms with E-state index in [4.69, 9.17) is 4.74 Å². The quantitative estimate of drug-likeness (QED) is 0.419. The van der Waals surface area contributed by atoms with Crippen molar-refractivity contribution >= 4 is 0 Å². The summed E-state index contributed by atoms with van der Waals surface area (Å²) in [6.07, 6.45) is -5.46. The van der Waals surface area contributed by atoms with Crippen LogP contribution < -0.4 is 25.9 Å². The minimum Gasteiger partial charge on any atom is -0.497 e. The molecule has 0 bridgehead atoms. The van der Waals surface area contributed by atoms with Gasteiger partial charge >= 0.3 is 33.3 Å². The molecular formula is C10H9F5IO+. The Morgan fingerprint density at radius 1 is 1.06 bits per heavy atom. The molecule has 7 heteroatoms. The fourth-order valence-corrected chi connectivity index (χ4v) is 3.12. The second-order valence-corrected chi connectivity index (χ2v) is 5.90. The van der Waals surface area contributed by atoms with E-state index in [1.54, 1.807) is 12.1 Å². The third-order valence-corrected chi connectivity index (χ3v) is 4.79. The summed E-state index contributed by atoms with van der Waals surface area (Å²) >= 11 is -1.37. The van der Waals surface area contributed by atoms with Gasteiger partial charge in [-0.2, -0.15) is 22.0 Å². The molecule has 0 saturated carbocycles. The highest BCUT2D eigenvalue weighted by molar-refractivity contribution is 5.20. The lowest BCUT2D eigenvalue weighted by Crippen LogP contribution is -3.63. The number of hydrogen-bond donors (Lipinski definition) is 0. The number of hydrogen-bond acceptors (Lipinski definition) is 1. The lowest BCUT2D eigenvalue weighted by molar-refractivity contribution is -0.651. The van der Waals surface area contributed by atoms with Gasteiger partial charge in [0.25, 0.3) is 0 Å². The molecule has 1 nitrogen and oxygen atoms in total. The molecule has 0 radical (unpaired) electrons. The summed E-state index contributed by atoms with van der Waals surface area (Å²) in [6.45, 7) is 0. The van der Waals surface area contributed by atoms with E-state index in [9.17, 15) is 22.0 Å². The van der Waals surface area contributed by atoms with Crippen molar-refractivity contribution in [3.8, 4) is 5.75 Å². The summed E-state index contributed by atoms with van der Waals surface area (Å²) < 4.78 is 65.2. The van der Waals surface area contributed by atoms with E-state index in [1.165, 1.54) is 19.2 Å². The van der Waals surface area contributed by atoms with Crippen LogP contribution in [0, 0.1) is 3.57 Å². The molecule has 1 aromatic carbocycles. The summed E-state index contributed by atoms with van der Waals surface area (Å²) in [4.78, 5) is 0. The van der Waals surface area contributed by atoms with Gasteiger partial charge in [-0.1, -0.05) is 0 Å². The first kappa shape index (κ1) is 14.5. The standard InChI is InChI=1S/C10H9F5IO/c1-17-8-4-2-7(3-5-8)16-6-9(11,12)10(13,14)15/h2-5H,6H2,1H3/q+1. The van der Waals surface area contributed by atoms with Gasteiger partial charge < -0.3 is 4.74 Å². The third-order valence-electron chi connectivity index (χ3n) is 1.85. The first-order valence-corrected chi connectivity index (χ1v) is 7.04. The normalized spacial score (nSPS) is 12.6. The average Bonchev–Trinajstić information content (AvgIpc) is 2.25. The molecule has 0 amide bonds. The van der Waals surface area contributed by atoms with Gasteiger partial charge in [-0.25, -0.2) is 0 Å². The van der Waals surface area contributed by atoms with E-state index in [1.807, 2.05) is 0 Å². The van der Waals surface area contributed by atoms with Crippen molar-refractivity contribution in [3.63, 3.8) is 0 Å². The van der Waals surface area contributed by atoms with Crippen LogP contribution in [-0.4, -0.2) is 23.6 Å². The summed E-state index contributed by atoms with van der Waals surface area (Å²) in [6, 6.07) is 6.11. The van der Waals surface area contributed by atoms with Crippen molar-refractivity contribution in [3.05, 3.63) is 27.8 Å². The number of rotatable bonds is 4. The van der Waals surface area contributed by atoms with E-state index in [-0.39, 0.29) is 0 Å². The van der Waals surface area contributed by atoms with Crippen LogP contribution in [0.15, 0.2) is 24.3 Å². The lowest BCUT2D eigenvalue weighted by atomic mass is 10.3. The molecule has 0 aliphatic rings. The van der Waals surface area contributed by atoms with Crippen molar-refractivity contribution in [2.45, 2.75) is 12.1 Å². The Hall–Kier alpha value is -0.600. The maximum absolute atomic E-state index is 12.6. The van der Waals surface area contributed by atoms with Crippen molar-refractivity contribution in [2.24, 2.45) is 0 Å². The van der Waals surface area contributed by atoms with Gasteiger partial charge in [0.15, 0.2) is 3.57 Å². The topological polar surface area (TPSA) is 9.23 Å². The molecule has 0 heterocycles. The summed E-state index contributed by atoms with van der Waals surface area (Å²) in [5.74, 6) is -4.06. The molecule has 0 aromatic heterocycles. The monoisotopic (exact) mass is 367 g/mol. The Balaban J connectivity index is 2.61. The first-order valence-electron chi connectivity index (χ1n) is 4.44. The van der Waals surface area contributed by atoms with Crippen LogP contribution in [0.1, 0.15) is 0 Å². The second kappa shape index (κ2) is 5.36. The average molecular weight is 367 g/mol. The van der Waals surface area contributed by atoms with Crippen molar-refractivity contribution < 1.29 is 47.9 Å². The molecule has 1 aromatic rings. The van der Waals surface area contributed by atoms with Crippen LogP contribution in [-0.2, 0) is 0 Å². The highest BCUT2D eigenvalue weighted by Crippen LogP contribution is 2.33. The van der Waals surface area contributed by atoms with E-state index in [2.05, 4.69) is 0 Å². The fraction of sp³-hybridized carbons (Fsp3) is 0.400. The molecule has 0 aliphatic heterocycles. The van der Waals surface area contributed by atoms with E-state index < -0.39 is 37.7 Å². The van der Waals surface area contributed by atoms with E-state index >= 15 is 0 Å². The smallest absolute Gasteiger partial charge is 0.457 e. The molecule has 0 aliphatic carbocycles. The zero-order chi connectivity index (χ0) is 13.1. The van der Waals surface area contributed by atoms with Gasteiger partial charge in [0, 0.05) is 0 Å². The predicted molar refractivity (Wildman–Crippen MR) is 47.6 cm³/mol. The molecule has 0 N–H and O–H groups in total. The third kappa shape index (κ3) is 3.97. The van der Waals surface area contributed by atoms with Crippen LogP contribution in [0.5, 0.6) is 5.75 Å². The van der Waals surface area contributed by atoms with Gasteiger partial charge in [-0.15, -0.1) is 0 Å². The highest BCUT2D eigenvalue weighted by Gasteiger charge is 2.61. The van der Waals surface area contributed by atoms with E-state index in [0.29, 0.717) is 9.32 Å². The van der Waals surface area contributed by atoms with Gasteiger partial charge in [-0.05, 0) is 24.3 Å². The van der Waals surface area contributed by atoms with Crippen LogP contribution in [0.2, 0.25) is 0 Å². The Morgan fingerprint density at radius 2 is 1.59 bits per heavy atom. The molecule has 0 atom stereocenters. The lowest BCUT2D eigenvalue weighted by Gasteiger charge is -2.13. The molecule has 17 heavy (non-hydrogen) atoms. The van der Waals surface area contributed by atoms with Gasteiger partial charge in [0.1, 0.15) is 5.75 Å². The summed E-state index contributed by atoms with van der Waals surface area (Å²) in [5, 5.41) is 0. The van der Waals surface area contributed by atoms with Crippen LogP contribution >= 0.6 is 0 Å². The maximum Gasteiger partial charge on any atom is 0.457 e. The summed E-state index contributed by atoms with van der Waals surface area (Å²) in [5.41, 5.74) is 0. The van der Waals surface area contributed by atoms with Crippen LogP contribution in [0.25, 0.3) is 0 Å². The number of methoxy groups -OCH3 is 1. The highest BCUT2D eigenvalue weighted by atomic mass is 127. The number of halogens is 6. The number of benzene rings is 1. The number of alkyl halides is 6. The van der Waals surface area contributed by atoms with Crippen LogP contribution in [0.4, 0.5) is 22.0 Å². The van der Waals surface area contributed by atoms with Crippen molar-refractivity contribution in [2.75, 3.05) is 11.5 Å². The minimum atomic E-state index is -5.46. The molecule has 0 spiro atoms. The largest absolute Gasteiger partial charge is 0.497 e. The van der Waals surface area contributed by atoms with Crippen molar-refractivity contribution in [1.82, 2.24) is 0 Å². The molecule has 0 unspecified atom stereocenters. The van der Waals surface area contributed by atoms with E-state index in [0.717, 1.165) is 0 Å². The second-order valence-electron chi connectivity index (χ2n) is 3.13. The van der Waals surface area contributed by atoms with Crippen LogP contribution in [0.3, 0.4) is 0 Å². The first-order chi connectivity index (χ1) is 7.76. The molecule has 0 saturated heterocycles. The van der Waals surface area contributed by atoms with Crippen molar-refractivity contribution in [1.29, 1.82) is 0 Å². The maximum atomic E-state index is 12.6. The predicted octanol–water partition coefficient (Wildman–Crippen LogP) is 0.151. The van der Waals surface area contributed by atoms with Gasteiger partial charge in [0.2, 0.25) is 4.43 Å². The Kier molecular flexibility index (Phi) is 4.56. The number of ether oxygens (including phenoxy) is 1. The Bertz CT molecular complexity index is 360. The molecule has 96 valence electrons. The molecule has 1 rings (SSSR count). The minimum absolute atomic E-state index is 0.522. The van der Waals surface area contributed by atoms with Gasteiger partial charge in [-0.3, -0.25) is 0 Å². The Morgan fingerprint density at radius 3 is 2.00 bits per heavy atom.